The summed E-state index contributed by atoms with van der Waals surface area (Å²) in [5.74, 6) is 0.439. The number of likely N-dealkylation sites (tertiary alicyclic amines) is 1. The van der Waals surface area contributed by atoms with Crippen LogP contribution in [0.5, 0.6) is 0 Å². The Morgan fingerprint density at radius 1 is 1.50 bits per heavy atom. The van der Waals surface area contributed by atoms with Crippen molar-refractivity contribution in [3.63, 3.8) is 0 Å². The summed E-state index contributed by atoms with van der Waals surface area (Å²) in [5.41, 5.74) is 1.05. The average molecular weight is 239 g/mol. The molecule has 88 valence electrons. The first-order valence-corrected chi connectivity index (χ1v) is 6.73. The minimum Gasteiger partial charge on any atom is -0.396 e. The smallest absolute Gasteiger partial charge is 0.119 e. The van der Waals surface area contributed by atoms with E-state index in [9.17, 15) is 0 Å². The number of rotatable bonds is 4. The molecule has 4 nitrogen and oxygen atoms in total. The lowest BCUT2D eigenvalue weighted by Gasteiger charge is -2.15. The van der Waals surface area contributed by atoms with Crippen LogP contribution < -0.4 is 0 Å². The van der Waals surface area contributed by atoms with E-state index in [4.69, 9.17) is 5.11 Å². The molecular formula is C11H17N3OS. The molecule has 2 heterocycles. The van der Waals surface area contributed by atoms with Gasteiger partial charge in [0.2, 0.25) is 0 Å². The van der Waals surface area contributed by atoms with Gasteiger partial charge in [-0.25, -0.2) is 4.98 Å². The van der Waals surface area contributed by atoms with Crippen molar-refractivity contribution in [2.45, 2.75) is 18.0 Å². The van der Waals surface area contributed by atoms with E-state index in [2.05, 4.69) is 14.9 Å². The molecular weight excluding hydrogens is 222 g/mol. The molecule has 1 fully saturated rings. The molecule has 0 aromatic carbocycles. The third-order valence-electron chi connectivity index (χ3n) is 2.93. The third-order valence-corrected chi connectivity index (χ3v) is 3.66. The largest absolute Gasteiger partial charge is 0.396 e. The molecule has 0 saturated carbocycles. The molecule has 0 amide bonds. The Kier molecular flexibility index (Phi) is 4.15. The molecule has 1 atom stereocenters. The van der Waals surface area contributed by atoms with Crippen LogP contribution in [0.4, 0.5) is 0 Å². The molecule has 0 aliphatic carbocycles. The summed E-state index contributed by atoms with van der Waals surface area (Å²) in [6.07, 6.45) is 6.59. The summed E-state index contributed by atoms with van der Waals surface area (Å²) in [7, 11) is 0. The molecule has 1 saturated heterocycles. The Bertz CT molecular complexity index is 348. The minimum atomic E-state index is 0.298. The predicted octanol–water partition coefficient (Wildman–Crippen LogP) is 1.01. The highest BCUT2D eigenvalue weighted by Gasteiger charge is 2.22. The van der Waals surface area contributed by atoms with Crippen molar-refractivity contribution in [3.05, 3.63) is 18.1 Å². The molecule has 2 rings (SSSR count). The van der Waals surface area contributed by atoms with Crippen molar-refractivity contribution in [1.82, 2.24) is 14.9 Å². The highest BCUT2D eigenvalue weighted by molar-refractivity contribution is 7.98. The molecule has 1 aliphatic rings. The van der Waals surface area contributed by atoms with Crippen LogP contribution >= 0.6 is 11.8 Å². The van der Waals surface area contributed by atoms with Crippen molar-refractivity contribution in [1.29, 1.82) is 0 Å². The average Bonchev–Trinajstić information content (AvgIpc) is 2.77. The molecule has 0 unspecified atom stereocenters. The standard InChI is InChI=1S/C11H17N3OS/c1-16-11-10(12-3-4-13-11)7-14-5-2-9(6-14)8-15/h3-4,9,15H,2,5-8H2,1H3/t9-/m1/s1. The summed E-state index contributed by atoms with van der Waals surface area (Å²) in [6, 6.07) is 0. The van der Waals surface area contributed by atoms with E-state index in [1.807, 2.05) is 6.26 Å². The maximum atomic E-state index is 9.09. The van der Waals surface area contributed by atoms with Crippen LogP contribution in [0.1, 0.15) is 12.1 Å². The van der Waals surface area contributed by atoms with Gasteiger partial charge in [-0.15, -0.1) is 11.8 Å². The Morgan fingerprint density at radius 2 is 2.31 bits per heavy atom. The third kappa shape index (κ3) is 2.72. The number of hydrogen-bond acceptors (Lipinski definition) is 5. The zero-order chi connectivity index (χ0) is 11.4. The van der Waals surface area contributed by atoms with Crippen molar-refractivity contribution < 1.29 is 5.11 Å². The molecule has 5 heteroatoms. The fourth-order valence-electron chi connectivity index (χ4n) is 2.05. The Morgan fingerprint density at radius 3 is 3.00 bits per heavy atom. The molecule has 0 spiro atoms. The van der Waals surface area contributed by atoms with E-state index in [1.54, 1.807) is 24.2 Å². The van der Waals surface area contributed by atoms with E-state index in [-0.39, 0.29) is 0 Å². The van der Waals surface area contributed by atoms with Crippen LogP contribution in [-0.4, -0.2) is 45.9 Å². The second-order valence-corrected chi connectivity index (χ2v) is 4.88. The van der Waals surface area contributed by atoms with Gasteiger partial charge in [-0.1, -0.05) is 0 Å². The van der Waals surface area contributed by atoms with Gasteiger partial charge in [-0.2, -0.15) is 0 Å². The summed E-state index contributed by atoms with van der Waals surface area (Å²) in [4.78, 5) is 11.0. The van der Waals surface area contributed by atoms with E-state index >= 15 is 0 Å². The van der Waals surface area contributed by atoms with Gasteiger partial charge in [0.15, 0.2) is 0 Å². The molecule has 1 aromatic heterocycles. The number of thioether (sulfide) groups is 1. The van der Waals surface area contributed by atoms with Crippen molar-refractivity contribution in [2.24, 2.45) is 5.92 Å². The first-order chi connectivity index (χ1) is 7.83. The predicted molar refractivity (Wildman–Crippen MR) is 64.3 cm³/mol. The van der Waals surface area contributed by atoms with Gasteiger partial charge in [0, 0.05) is 32.1 Å². The van der Waals surface area contributed by atoms with E-state index in [0.717, 1.165) is 36.8 Å². The topological polar surface area (TPSA) is 49.2 Å². The van der Waals surface area contributed by atoms with E-state index in [1.165, 1.54) is 0 Å². The number of nitrogens with zero attached hydrogens (tertiary/aromatic N) is 3. The van der Waals surface area contributed by atoms with Gasteiger partial charge in [0.1, 0.15) is 5.03 Å². The fourth-order valence-corrected chi connectivity index (χ4v) is 2.57. The van der Waals surface area contributed by atoms with Gasteiger partial charge < -0.3 is 5.11 Å². The maximum Gasteiger partial charge on any atom is 0.119 e. The van der Waals surface area contributed by atoms with Gasteiger partial charge in [-0.05, 0) is 25.1 Å². The first-order valence-electron chi connectivity index (χ1n) is 5.50. The maximum absolute atomic E-state index is 9.09. The summed E-state index contributed by atoms with van der Waals surface area (Å²) >= 11 is 1.64. The normalized spacial score (nSPS) is 21.5. The van der Waals surface area contributed by atoms with E-state index in [0.29, 0.717) is 12.5 Å². The van der Waals surface area contributed by atoms with Crippen LogP contribution in [0, 0.1) is 5.92 Å². The summed E-state index contributed by atoms with van der Waals surface area (Å²) < 4.78 is 0. The van der Waals surface area contributed by atoms with Crippen LogP contribution in [0.25, 0.3) is 0 Å². The van der Waals surface area contributed by atoms with Gasteiger partial charge in [-0.3, -0.25) is 9.88 Å². The van der Waals surface area contributed by atoms with Gasteiger partial charge >= 0.3 is 0 Å². The summed E-state index contributed by atoms with van der Waals surface area (Å²) in [6.45, 7) is 3.17. The monoisotopic (exact) mass is 239 g/mol. The van der Waals surface area contributed by atoms with E-state index < -0.39 is 0 Å². The zero-order valence-corrected chi connectivity index (χ0v) is 10.3. The highest BCUT2D eigenvalue weighted by atomic mass is 32.2. The number of aromatic nitrogens is 2. The van der Waals surface area contributed by atoms with Crippen LogP contribution in [0.3, 0.4) is 0 Å². The van der Waals surface area contributed by atoms with Crippen LogP contribution in [0.15, 0.2) is 17.4 Å². The molecule has 16 heavy (non-hydrogen) atoms. The van der Waals surface area contributed by atoms with Crippen molar-refractivity contribution in [3.8, 4) is 0 Å². The van der Waals surface area contributed by atoms with Crippen molar-refractivity contribution in [2.75, 3.05) is 26.0 Å². The highest BCUT2D eigenvalue weighted by Crippen LogP contribution is 2.21. The number of aliphatic hydroxyl groups is 1. The van der Waals surface area contributed by atoms with Gasteiger partial charge in [0.25, 0.3) is 0 Å². The quantitative estimate of drug-likeness (QED) is 0.795. The lowest BCUT2D eigenvalue weighted by molar-refractivity contribution is 0.219. The number of aliphatic hydroxyl groups excluding tert-OH is 1. The second-order valence-electron chi connectivity index (χ2n) is 4.08. The minimum absolute atomic E-state index is 0.298. The van der Waals surface area contributed by atoms with Crippen LogP contribution in [-0.2, 0) is 6.54 Å². The Hall–Kier alpha value is -0.650. The SMILES string of the molecule is CSc1nccnc1CN1CC[C@@H](CO)C1. The lowest BCUT2D eigenvalue weighted by atomic mass is 10.1. The van der Waals surface area contributed by atoms with Crippen LogP contribution in [0.2, 0.25) is 0 Å². The second kappa shape index (κ2) is 5.61. The van der Waals surface area contributed by atoms with Gasteiger partial charge in [0.05, 0.1) is 5.69 Å². The Labute approximate surface area is 100 Å². The molecule has 0 bridgehead atoms. The Balaban J connectivity index is 1.99. The summed E-state index contributed by atoms with van der Waals surface area (Å²) in [5, 5.41) is 10.1. The molecule has 1 aliphatic heterocycles. The molecule has 1 N–H and O–H groups in total. The van der Waals surface area contributed by atoms with Crippen molar-refractivity contribution >= 4 is 11.8 Å². The molecule has 1 aromatic rings. The zero-order valence-electron chi connectivity index (χ0n) is 9.46. The number of hydrogen-bond donors (Lipinski definition) is 1. The lowest BCUT2D eigenvalue weighted by Crippen LogP contribution is -2.22. The molecule has 0 radical (unpaired) electrons. The fraction of sp³-hybridized carbons (Fsp3) is 0.636. The first kappa shape index (κ1) is 11.8.